The molecule has 8 heteroatoms. The minimum atomic E-state index is -0.401. The van der Waals surface area contributed by atoms with Crippen LogP contribution < -0.4 is 10.6 Å². The van der Waals surface area contributed by atoms with E-state index in [0.29, 0.717) is 30.4 Å². The van der Waals surface area contributed by atoms with Gasteiger partial charge in [-0.1, -0.05) is 0 Å². The number of benzene rings is 2. The molecule has 0 saturated heterocycles. The van der Waals surface area contributed by atoms with Crippen molar-refractivity contribution in [2.24, 2.45) is 0 Å². The van der Waals surface area contributed by atoms with Gasteiger partial charge in [-0.3, -0.25) is 0 Å². The van der Waals surface area contributed by atoms with Crippen LogP contribution in [0.1, 0.15) is 25.2 Å². The van der Waals surface area contributed by atoms with Gasteiger partial charge < -0.3 is 0 Å². The van der Waals surface area contributed by atoms with E-state index < -0.39 is 14.5 Å². The quantitative estimate of drug-likeness (QED) is 0.581. The average molecular weight is 453 g/mol. The Morgan fingerprint density at radius 2 is 1.73 bits per heavy atom. The third kappa shape index (κ3) is 4.34. The molecule has 26 heavy (non-hydrogen) atoms. The van der Waals surface area contributed by atoms with Gasteiger partial charge in [0.05, 0.1) is 0 Å². The summed E-state index contributed by atoms with van der Waals surface area (Å²) in [6.45, 7) is 1.87. The average Bonchev–Trinajstić information content (AvgIpc) is 3.07. The van der Waals surface area contributed by atoms with Crippen LogP contribution in [0.25, 0.3) is 0 Å². The van der Waals surface area contributed by atoms with Gasteiger partial charge in [-0.05, 0) is 0 Å². The van der Waals surface area contributed by atoms with Gasteiger partial charge in [-0.25, -0.2) is 0 Å². The van der Waals surface area contributed by atoms with Gasteiger partial charge in [0.2, 0.25) is 0 Å². The number of hydrogen-bond acceptors (Lipinski definition) is 3. The van der Waals surface area contributed by atoms with Crippen molar-refractivity contribution in [3.05, 3.63) is 74.3 Å². The molecule has 2 amide bonds. The zero-order chi connectivity index (χ0) is 18.7. The van der Waals surface area contributed by atoms with Gasteiger partial charge in [-0.15, -0.1) is 0 Å². The second-order valence-electron chi connectivity index (χ2n) is 5.38. The number of aromatic nitrogens is 1. The van der Waals surface area contributed by atoms with E-state index in [0.717, 1.165) is 5.56 Å². The Bertz CT molecular complexity index is 951. The van der Waals surface area contributed by atoms with Crippen molar-refractivity contribution in [1.82, 2.24) is 4.98 Å². The summed E-state index contributed by atoms with van der Waals surface area (Å²) in [6.07, 6.45) is 1.47. The van der Waals surface area contributed by atoms with Crippen LogP contribution in [0.5, 0.6) is 0 Å². The first-order chi connectivity index (χ1) is 12.4. The number of nitrogens with zero attached hydrogens (tertiary/aromatic N) is 1. The van der Waals surface area contributed by atoms with Gasteiger partial charge >= 0.3 is 166 Å². The molecule has 3 aromatic rings. The van der Waals surface area contributed by atoms with Crippen LogP contribution in [0.4, 0.5) is 10.4 Å². The van der Waals surface area contributed by atoms with Gasteiger partial charge in [0.25, 0.3) is 0 Å². The molecule has 0 saturated carbocycles. The molecule has 0 spiro atoms. The molecule has 0 atom stereocenters. The van der Waals surface area contributed by atoms with Crippen molar-refractivity contribution >= 4 is 59.9 Å². The van der Waals surface area contributed by atoms with Crippen LogP contribution in [-0.2, 0) is 0 Å². The number of para-hydroxylation sites is 1. The summed E-state index contributed by atoms with van der Waals surface area (Å²) in [5.74, 6) is -0.569. The zero-order valence-electron chi connectivity index (χ0n) is 13.5. The number of hydrogen-bond donors (Lipinski definition) is 2. The SMILES string of the molecule is Cc1cccc(Cl)c1NC(=O)c1cnc(NC(=O)c2ccc(Cl)cc2)[se]1. The van der Waals surface area contributed by atoms with Crippen molar-refractivity contribution in [2.75, 3.05) is 10.6 Å². The molecular formula is C18H13Cl2N3O2Se. The van der Waals surface area contributed by atoms with E-state index in [4.69, 9.17) is 23.2 Å². The molecule has 0 fully saturated rings. The molecule has 0 unspecified atom stereocenters. The molecule has 0 aliphatic heterocycles. The Morgan fingerprint density at radius 1 is 1.00 bits per heavy atom. The minimum absolute atomic E-state index is 0.277. The predicted octanol–water partition coefficient (Wildman–Crippen LogP) is 4.26. The number of anilines is 2. The molecule has 132 valence electrons. The van der Waals surface area contributed by atoms with E-state index in [9.17, 15) is 9.59 Å². The van der Waals surface area contributed by atoms with Crippen LogP contribution in [0.15, 0.2) is 48.7 Å². The first kappa shape index (κ1) is 18.7. The molecular weight excluding hydrogens is 440 g/mol. The van der Waals surface area contributed by atoms with E-state index in [2.05, 4.69) is 15.6 Å². The summed E-state index contributed by atoms with van der Waals surface area (Å²) in [5, 5.41) is 6.56. The van der Waals surface area contributed by atoms with Crippen LogP contribution in [0, 0.1) is 6.92 Å². The summed E-state index contributed by atoms with van der Waals surface area (Å²) >= 11 is 11.5. The number of halogens is 2. The van der Waals surface area contributed by atoms with Gasteiger partial charge in [0.1, 0.15) is 0 Å². The van der Waals surface area contributed by atoms with E-state index in [1.54, 1.807) is 30.3 Å². The number of nitrogens with one attached hydrogen (secondary N) is 2. The van der Waals surface area contributed by atoms with Crippen LogP contribution in [0.2, 0.25) is 10.0 Å². The fourth-order valence-electron chi connectivity index (χ4n) is 2.17. The summed E-state index contributed by atoms with van der Waals surface area (Å²) in [7, 11) is 0. The topological polar surface area (TPSA) is 71.1 Å². The number of aryl methyl sites for hydroxylation is 1. The maximum atomic E-state index is 12.4. The summed E-state index contributed by atoms with van der Waals surface area (Å²) in [5.41, 5.74) is 1.92. The fourth-order valence-corrected chi connectivity index (χ4v) is 4.05. The van der Waals surface area contributed by atoms with Gasteiger partial charge in [0.15, 0.2) is 0 Å². The summed E-state index contributed by atoms with van der Waals surface area (Å²) in [6, 6.07) is 11.9. The summed E-state index contributed by atoms with van der Waals surface area (Å²) < 4.78 is 0.974. The third-order valence-corrected chi connectivity index (χ3v) is 6.00. The van der Waals surface area contributed by atoms with Crippen LogP contribution in [0.3, 0.4) is 0 Å². The zero-order valence-corrected chi connectivity index (χ0v) is 16.8. The van der Waals surface area contributed by atoms with Gasteiger partial charge in [-0.2, -0.15) is 0 Å². The molecule has 1 heterocycles. The van der Waals surface area contributed by atoms with Crippen LogP contribution in [-0.4, -0.2) is 31.3 Å². The second-order valence-corrected chi connectivity index (χ2v) is 8.38. The van der Waals surface area contributed by atoms with Crippen molar-refractivity contribution in [3.8, 4) is 0 Å². The van der Waals surface area contributed by atoms with Crippen molar-refractivity contribution in [2.45, 2.75) is 6.92 Å². The molecule has 0 radical (unpaired) electrons. The normalized spacial score (nSPS) is 10.4. The number of amides is 2. The van der Waals surface area contributed by atoms with Crippen LogP contribution >= 0.6 is 23.2 Å². The predicted molar refractivity (Wildman–Crippen MR) is 105 cm³/mol. The molecule has 2 aromatic carbocycles. The van der Waals surface area contributed by atoms with E-state index >= 15 is 0 Å². The molecule has 5 nitrogen and oxygen atoms in total. The number of carbonyl (C=O) groups is 2. The van der Waals surface area contributed by atoms with Gasteiger partial charge in [0, 0.05) is 0 Å². The Kier molecular flexibility index (Phi) is 5.79. The molecule has 0 aliphatic rings. The number of carbonyl (C=O) groups excluding carboxylic acids is 2. The monoisotopic (exact) mass is 453 g/mol. The maximum absolute atomic E-state index is 12.4. The fraction of sp³-hybridized carbons (Fsp3) is 0.0556. The second kappa shape index (κ2) is 8.06. The van der Waals surface area contributed by atoms with E-state index in [-0.39, 0.29) is 11.8 Å². The first-order valence-electron chi connectivity index (χ1n) is 7.53. The standard InChI is InChI=1S/C18H13Cl2N3O2Se/c1-10-3-2-4-13(20)15(10)22-17(25)14-9-21-18(26-14)23-16(24)11-5-7-12(19)8-6-11/h2-9H,1H3,(H,22,25)(H,21,23,24). The summed E-state index contributed by atoms with van der Waals surface area (Å²) in [4.78, 5) is 28.8. The molecule has 0 bridgehead atoms. The Hall–Kier alpha value is -2.11. The Labute approximate surface area is 166 Å². The number of rotatable bonds is 4. The molecule has 0 aliphatic carbocycles. The molecule has 1 aromatic heterocycles. The third-order valence-electron chi connectivity index (χ3n) is 3.52. The first-order valence-corrected chi connectivity index (χ1v) is 10.00. The van der Waals surface area contributed by atoms with Crippen molar-refractivity contribution in [3.63, 3.8) is 0 Å². The van der Waals surface area contributed by atoms with Crippen molar-refractivity contribution < 1.29 is 9.59 Å². The molecule has 2 N–H and O–H groups in total. The Balaban J connectivity index is 1.70. The molecule has 3 rings (SSSR count). The van der Waals surface area contributed by atoms with Crippen molar-refractivity contribution in [1.29, 1.82) is 0 Å². The van der Waals surface area contributed by atoms with E-state index in [1.807, 2.05) is 19.1 Å². The van der Waals surface area contributed by atoms with E-state index in [1.165, 1.54) is 6.20 Å². The Morgan fingerprint density at radius 3 is 2.42 bits per heavy atom.